The number of hydrogen-bond acceptors (Lipinski definition) is 3. The van der Waals surface area contributed by atoms with Gasteiger partial charge in [0.15, 0.2) is 0 Å². The van der Waals surface area contributed by atoms with Crippen molar-refractivity contribution in [1.29, 1.82) is 0 Å². The zero-order valence-corrected chi connectivity index (χ0v) is 27.7. The number of ether oxygens (including phenoxy) is 1. The van der Waals surface area contributed by atoms with Crippen LogP contribution in [0, 0.1) is 0 Å². The third-order valence-electron chi connectivity index (χ3n) is 8.21. The van der Waals surface area contributed by atoms with Gasteiger partial charge in [0.05, 0.1) is 13.2 Å². The Morgan fingerprint density at radius 2 is 1.37 bits per heavy atom. The second-order valence-electron chi connectivity index (χ2n) is 13.1. The lowest BCUT2D eigenvalue weighted by molar-refractivity contribution is -0.116. The second-order valence-corrected chi connectivity index (χ2v) is 13.1. The van der Waals surface area contributed by atoms with Gasteiger partial charge in [0.25, 0.3) is 0 Å². The summed E-state index contributed by atoms with van der Waals surface area (Å²) in [7, 11) is 0. The van der Waals surface area contributed by atoms with E-state index < -0.39 is 0 Å². The van der Waals surface area contributed by atoms with Gasteiger partial charge in [-0.2, -0.15) is 0 Å². The maximum Gasteiger partial charge on any atom is 0.224 e. The van der Waals surface area contributed by atoms with Crippen LogP contribution in [0.1, 0.15) is 134 Å². The van der Waals surface area contributed by atoms with Crippen LogP contribution in [0.3, 0.4) is 0 Å². The number of carbonyl (C=O) groups excluding carboxylic acids is 1. The molecule has 0 spiro atoms. The number of unbranched alkanes of at least 4 members (excludes halogenated alkanes) is 11. The maximum atomic E-state index is 12.7. The molecule has 2 aromatic carbocycles. The minimum absolute atomic E-state index is 0.0191. The highest BCUT2D eigenvalue weighted by Gasteiger charge is 2.21. The van der Waals surface area contributed by atoms with Crippen LogP contribution in [0.25, 0.3) is 0 Å². The summed E-state index contributed by atoms with van der Waals surface area (Å²) < 4.78 is 6.41. The van der Waals surface area contributed by atoms with Gasteiger partial charge < -0.3 is 9.64 Å². The van der Waals surface area contributed by atoms with E-state index in [9.17, 15) is 4.79 Å². The van der Waals surface area contributed by atoms with Crippen molar-refractivity contribution in [3.63, 3.8) is 0 Å². The molecular formula is C39H56N2O2. The Bertz CT molecular complexity index is 1200. The van der Waals surface area contributed by atoms with Gasteiger partial charge in [0, 0.05) is 25.0 Å². The van der Waals surface area contributed by atoms with Gasteiger partial charge in [0.1, 0.15) is 5.75 Å². The predicted octanol–water partition coefficient (Wildman–Crippen LogP) is 10.6. The SMILES string of the molecule is CCCCCCCCCCCCCCOc1cc(CN(C(C)=O)c2ccc(Cc3cccnc3)cc2)ccc1C(C)(C)C. The fourth-order valence-corrected chi connectivity index (χ4v) is 5.63. The van der Waals surface area contributed by atoms with Crippen LogP contribution in [0.4, 0.5) is 5.69 Å². The molecule has 4 heteroatoms. The average Bonchev–Trinajstić information content (AvgIpc) is 2.98. The Balaban J connectivity index is 1.52. The molecule has 0 N–H and O–H groups in total. The smallest absolute Gasteiger partial charge is 0.224 e. The minimum atomic E-state index is -0.0191. The number of anilines is 1. The van der Waals surface area contributed by atoms with E-state index in [1.54, 1.807) is 13.1 Å². The lowest BCUT2D eigenvalue weighted by Gasteiger charge is -2.26. The van der Waals surface area contributed by atoms with E-state index >= 15 is 0 Å². The fraction of sp³-hybridized carbons (Fsp3) is 0.538. The molecule has 43 heavy (non-hydrogen) atoms. The number of pyridine rings is 1. The maximum absolute atomic E-state index is 12.7. The van der Waals surface area contributed by atoms with E-state index in [4.69, 9.17) is 4.74 Å². The third-order valence-corrected chi connectivity index (χ3v) is 8.21. The quantitative estimate of drug-likeness (QED) is 0.132. The molecule has 3 aromatic rings. The summed E-state index contributed by atoms with van der Waals surface area (Å²) in [4.78, 5) is 18.8. The largest absolute Gasteiger partial charge is 0.493 e. The Hall–Kier alpha value is -3.14. The molecular weight excluding hydrogens is 528 g/mol. The summed E-state index contributed by atoms with van der Waals surface area (Å²) >= 11 is 0. The number of amides is 1. The molecule has 0 atom stereocenters. The predicted molar refractivity (Wildman–Crippen MR) is 182 cm³/mol. The summed E-state index contributed by atoms with van der Waals surface area (Å²) in [5, 5.41) is 0. The molecule has 0 saturated carbocycles. The molecule has 0 fully saturated rings. The van der Waals surface area contributed by atoms with Crippen LogP contribution in [0.2, 0.25) is 0 Å². The first-order valence-corrected chi connectivity index (χ1v) is 16.8. The van der Waals surface area contributed by atoms with Crippen LogP contribution in [-0.4, -0.2) is 17.5 Å². The highest BCUT2D eigenvalue weighted by Crippen LogP contribution is 2.33. The van der Waals surface area contributed by atoms with Crippen molar-refractivity contribution in [3.8, 4) is 5.75 Å². The molecule has 0 radical (unpaired) electrons. The molecule has 0 unspecified atom stereocenters. The first-order chi connectivity index (χ1) is 20.8. The van der Waals surface area contributed by atoms with Crippen molar-refractivity contribution >= 4 is 11.6 Å². The van der Waals surface area contributed by atoms with Gasteiger partial charge in [-0.25, -0.2) is 0 Å². The molecule has 3 rings (SSSR count). The molecule has 0 saturated heterocycles. The molecule has 0 aliphatic heterocycles. The fourth-order valence-electron chi connectivity index (χ4n) is 5.63. The monoisotopic (exact) mass is 584 g/mol. The van der Waals surface area contributed by atoms with Crippen molar-refractivity contribution in [1.82, 2.24) is 4.98 Å². The van der Waals surface area contributed by atoms with Crippen molar-refractivity contribution in [2.75, 3.05) is 11.5 Å². The molecule has 1 heterocycles. The second kappa shape index (κ2) is 18.5. The Morgan fingerprint density at radius 3 is 1.93 bits per heavy atom. The van der Waals surface area contributed by atoms with Gasteiger partial charge in [-0.3, -0.25) is 9.78 Å². The Morgan fingerprint density at radius 1 is 0.767 bits per heavy atom. The Kier molecular flexibility index (Phi) is 14.8. The van der Waals surface area contributed by atoms with Crippen LogP contribution in [0.5, 0.6) is 5.75 Å². The molecule has 1 aromatic heterocycles. The van der Waals surface area contributed by atoms with Crippen molar-refractivity contribution < 1.29 is 9.53 Å². The first-order valence-electron chi connectivity index (χ1n) is 16.8. The van der Waals surface area contributed by atoms with Gasteiger partial charge in [-0.15, -0.1) is 0 Å². The van der Waals surface area contributed by atoms with E-state index in [1.165, 1.54) is 87.3 Å². The summed E-state index contributed by atoms with van der Waals surface area (Å²) in [6, 6.07) is 18.8. The van der Waals surface area contributed by atoms with E-state index in [0.717, 1.165) is 36.4 Å². The number of rotatable bonds is 19. The van der Waals surface area contributed by atoms with Gasteiger partial charge in [-0.05, 0) is 64.8 Å². The number of hydrogen-bond donors (Lipinski definition) is 0. The molecule has 4 nitrogen and oxygen atoms in total. The number of nitrogens with zero attached hydrogens (tertiary/aromatic N) is 2. The Labute approximate surface area is 262 Å². The first kappa shape index (κ1) is 34.4. The molecule has 1 amide bonds. The topological polar surface area (TPSA) is 42.4 Å². The summed E-state index contributed by atoms with van der Waals surface area (Å²) in [5.41, 5.74) is 5.55. The summed E-state index contributed by atoms with van der Waals surface area (Å²) in [6.45, 7) is 11.9. The van der Waals surface area contributed by atoms with Crippen LogP contribution in [0.15, 0.2) is 67.0 Å². The summed E-state index contributed by atoms with van der Waals surface area (Å²) in [5.74, 6) is 0.974. The van der Waals surface area contributed by atoms with Gasteiger partial charge in [0.2, 0.25) is 5.91 Å². The average molecular weight is 585 g/mol. The zero-order chi connectivity index (χ0) is 30.9. The van der Waals surface area contributed by atoms with Crippen molar-refractivity contribution in [2.24, 2.45) is 0 Å². The highest BCUT2D eigenvalue weighted by molar-refractivity contribution is 5.91. The standard InChI is InChI=1S/C39H56N2O2/c1-6-7-8-9-10-11-12-13-14-15-16-17-27-43-38-29-35(22-25-37(38)39(3,4)5)31-41(32(2)42)36-23-20-33(21-24-36)28-34-19-18-26-40-30-34/h18-26,29-30H,6-17,27-28,31H2,1-5H3. The van der Waals surface area contributed by atoms with Crippen molar-refractivity contribution in [2.45, 2.75) is 130 Å². The lowest BCUT2D eigenvalue weighted by Crippen LogP contribution is -2.28. The van der Waals surface area contributed by atoms with E-state index in [1.807, 2.05) is 29.3 Å². The normalized spacial score (nSPS) is 11.5. The van der Waals surface area contributed by atoms with Crippen LogP contribution < -0.4 is 9.64 Å². The molecule has 0 aliphatic carbocycles. The summed E-state index contributed by atoms with van der Waals surface area (Å²) in [6.07, 6.45) is 20.5. The molecule has 0 bridgehead atoms. The van der Waals surface area contributed by atoms with Crippen molar-refractivity contribution in [3.05, 3.63) is 89.2 Å². The third kappa shape index (κ3) is 12.6. The molecule has 234 valence electrons. The van der Waals surface area contributed by atoms with E-state index in [0.29, 0.717) is 6.54 Å². The van der Waals surface area contributed by atoms with E-state index in [2.05, 4.69) is 69.1 Å². The van der Waals surface area contributed by atoms with E-state index in [-0.39, 0.29) is 11.3 Å². The lowest BCUT2D eigenvalue weighted by atomic mass is 9.85. The molecule has 0 aliphatic rings. The number of carbonyl (C=O) groups is 1. The van der Waals surface area contributed by atoms with Gasteiger partial charge in [-0.1, -0.05) is 129 Å². The van der Waals surface area contributed by atoms with Crippen LogP contribution >= 0.6 is 0 Å². The minimum Gasteiger partial charge on any atom is -0.493 e. The highest BCUT2D eigenvalue weighted by atomic mass is 16.5. The number of benzene rings is 2. The van der Waals surface area contributed by atoms with Gasteiger partial charge >= 0.3 is 0 Å². The zero-order valence-electron chi connectivity index (χ0n) is 27.7. The van der Waals surface area contributed by atoms with Crippen LogP contribution in [-0.2, 0) is 23.2 Å². The number of aromatic nitrogens is 1.